The fraction of sp³-hybridized carbons (Fsp3) is 0.833. The number of amides is 2. The number of rotatable bonds is 9. The summed E-state index contributed by atoms with van der Waals surface area (Å²) in [6.45, 7) is 4.64. The molecule has 1 unspecified atom stereocenters. The van der Waals surface area contributed by atoms with E-state index in [9.17, 15) is 9.59 Å². The molecule has 0 rings (SSSR count). The molecule has 0 aromatic rings. The lowest BCUT2D eigenvalue weighted by Gasteiger charge is -2.29. The Balaban J connectivity index is 4.54. The first-order valence-corrected chi connectivity index (χ1v) is 7.65. The Bertz CT molecular complexity index is 289. The molecule has 6 nitrogen and oxygen atoms in total. The van der Waals surface area contributed by atoms with Crippen LogP contribution in [0.15, 0.2) is 0 Å². The highest BCUT2D eigenvalue weighted by molar-refractivity contribution is 7.98. The highest BCUT2D eigenvalue weighted by Crippen LogP contribution is 2.04. The van der Waals surface area contributed by atoms with Crippen molar-refractivity contribution in [3.63, 3.8) is 0 Å². The van der Waals surface area contributed by atoms with Gasteiger partial charge < -0.3 is 20.1 Å². The Morgan fingerprint density at radius 2 is 2.11 bits per heavy atom. The molecule has 0 saturated carbocycles. The molecule has 0 aromatic carbocycles. The van der Waals surface area contributed by atoms with E-state index in [1.54, 1.807) is 23.8 Å². The van der Waals surface area contributed by atoms with Crippen molar-refractivity contribution in [1.29, 1.82) is 0 Å². The van der Waals surface area contributed by atoms with Gasteiger partial charge in [-0.05, 0) is 32.3 Å². The average molecular weight is 292 g/mol. The summed E-state index contributed by atoms with van der Waals surface area (Å²) in [4.78, 5) is 24.7. The van der Waals surface area contributed by atoms with E-state index < -0.39 is 12.0 Å². The summed E-state index contributed by atoms with van der Waals surface area (Å²) in [7, 11) is 1.57. The first kappa shape index (κ1) is 18.0. The van der Waals surface area contributed by atoms with Gasteiger partial charge >= 0.3 is 12.0 Å². The monoisotopic (exact) mass is 292 g/mol. The number of aliphatic carboxylic acids is 1. The van der Waals surface area contributed by atoms with Gasteiger partial charge in [0.25, 0.3) is 0 Å². The fourth-order valence-electron chi connectivity index (χ4n) is 1.71. The van der Waals surface area contributed by atoms with E-state index in [0.29, 0.717) is 25.3 Å². The van der Waals surface area contributed by atoms with E-state index in [1.165, 1.54) is 0 Å². The van der Waals surface area contributed by atoms with Gasteiger partial charge in [-0.3, -0.25) is 0 Å². The fourth-order valence-corrected chi connectivity index (χ4v) is 2.18. The second-order valence-corrected chi connectivity index (χ2v) is 5.20. The second-order valence-electron chi connectivity index (χ2n) is 4.21. The third-order valence-electron chi connectivity index (χ3n) is 2.75. The minimum atomic E-state index is -1.00. The molecule has 2 atom stereocenters. The third-order valence-corrected chi connectivity index (χ3v) is 3.39. The first-order chi connectivity index (χ1) is 8.97. The van der Waals surface area contributed by atoms with Crippen LogP contribution in [0.3, 0.4) is 0 Å². The topological polar surface area (TPSA) is 78.9 Å². The van der Waals surface area contributed by atoms with Crippen LogP contribution >= 0.6 is 11.8 Å². The van der Waals surface area contributed by atoms with Gasteiger partial charge in [0.2, 0.25) is 0 Å². The number of carboxylic acid groups (broad SMARTS) is 1. The lowest BCUT2D eigenvalue weighted by Crippen LogP contribution is -2.51. The Hall–Kier alpha value is -0.950. The second kappa shape index (κ2) is 9.91. The maximum absolute atomic E-state index is 12.1. The molecule has 0 spiro atoms. The van der Waals surface area contributed by atoms with Crippen molar-refractivity contribution in [2.45, 2.75) is 32.4 Å². The van der Waals surface area contributed by atoms with E-state index >= 15 is 0 Å². The summed E-state index contributed by atoms with van der Waals surface area (Å²) < 4.78 is 5.01. The molecule has 0 aliphatic heterocycles. The zero-order valence-corrected chi connectivity index (χ0v) is 12.8. The van der Waals surface area contributed by atoms with Crippen LogP contribution in [0.1, 0.15) is 20.3 Å². The summed E-state index contributed by atoms with van der Waals surface area (Å²) in [5.41, 5.74) is 0. The molecule has 0 aromatic heterocycles. The van der Waals surface area contributed by atoms with E-state index in [4.69, 9.17) is 9.84 Å². The van der Waals surface area contributed by atoms with Crippen LogP contribution in [0.4, 0.5) is 4.79 Å². The molecule has 0 aliphatic carbocycles. The van der Waals surface area contributed by atoms with E-state index in [1.807, 2.05) is 20.1 Å². The molecular weight excluding hydrogens is 268 g/mol. The van der Waals surface area contributed by atoms with Crippen LogP contribution in [-0.2, 0) is 9.53 Å². The Morgan fingerprint density at radius 3 is 2.53 bits per heavy atom. The van der Waals surface area contributed by atoms with Crippen molar-refractivity contribution in [1.82, 2.24) is 10.2 Å². The normalized spacial score (nSPS) is 13.7. The van der Waals surface area contributed by atoms with Gasteiger partial charge in [-0.2, -0.15) is 11.8 Å². The number of methoxy groups -OCH3 is 1. The summed E-state index contributed by atoms with van der Waals surface area (Å²) in [6, 6.07) is -1.30. The zero-order valence-electron chi connectivity index (χ0n) is 12.0. The number of nitrogens with zero attached hydrogens (tertiary/aromatic N) is 1. The van der Waals surface area contributed by atoms with Crippen LogP contribution in [-0.4, -0.2) is 66.4 Å². The average Bonchev–Trinajstić information content (AvgIpc) is 2.35. The van der Waals surface area contributed by atoms with Crippen molar-refractivity contribution in [2.75, 3.05) is 32.3 Å². The Labute approximate surface area is 118 Å². The molecule has 7 heteroatoms. The minimum absolute atomic E-state index is 0.0926. The van der Waals surface area contributed by atoms with Crippen molar-refractivity contribution >= 4 is 23.8 Å². The van der Waals surface area contributed by atoms with E-state index in [-0.39, 0.29) is 12.1 Å². The van der Waals surface area contributed by atoms with Gasteiger partial charge in [-0.1, -0.05) is 0 Å². The number of ether oxygens (including phenoxy) is 1. The number of carboxylic acids is 1. The van der Waals surface area contributed by atoms with Crippen molar-refractivity contribution in [3.05, 3.63) is 0 Å². The smallest absolute Gasteiger partial charge is 0.326 e. The highest BCUT2D eigenvalue weighted by Gasteiger charge is 2.24. The SMILES string of the molecule is CCN(C(=O)N[C@@H](CCSC)C(=O)O)C(C)COC. The molecule has 2 amide bonds. The Morgan fingerprint density at radius 1 is 1.47 bits per heavy atom. The molecule has 0 bridgehead atoms. The van der Waals surface area contributed by atoms with Crippen molar-refractivity contribution in [3.8, 4) is 0 Å². The summed E-state index contributed by atoms with van der Waals surface area (Å²) >= 11 is 1.55. The van der Waals surface area contributed by atoms with E-state index in [2.05, 4.69) is 5.32 Å². The number of nitrogens with one attached hydrogen (secondary N) is 1. The maximum Gasteiger partial charge on any atom is 0.326 e. The molecule has 0 heterocycles. The predicted octanol–water partition coefficient (Wildman–Crippen LogP) is 1.26. The third kappa shape index (κ3) is 6.68. The van der Waals surface area contributed by atoms with Gasteiger partial charge in [0, 0.05) is 13.7 Å². The number of likely N-dealkylation sites (N-methyl/N-ethyl adjacent to an activating group) is 1. The molecule has 0 saturated heterocycles. The number of thioether (sulfide) groups is 1. The summed E-state index contributed by atoms with van der Waals surface area (Å²) in [5.74, 6) is -0.311. The largest absolute Gasteiger partial charge is 0.480 e. The summed E-state index contributed by atoms with van der Waals surface area (Å²) in [6.07, 6.45) is 2.32. The van der Waals surface area contributed by atoms with Gasteiger partial charge in [-0.15, -0.1) is 0 Å². The highest BCUT2D eigenvalue weighted by atomic mass is 32.2. The van der Waals surface area contributed by atoms with Crippen LogP contribution in [0.5, 0.6) is 0 Å². The van der Waals surface area contributed by atoms with Crippen molar-refractivity contribution < 1.29 is 19.4 Å². The molecule has 0 fully saturated rings. The first-order valence-electron chi connectivity index (χ1n) is 6.25. The molecule has 112 valence electrons. The number of hydrogen-bond donors (Lipinski definition) is 2. The molecule has 0 aliphatic rings. The lowest BCUT2D eigenvalue weighted by atomic mass is 10.2. The quantitative estimate of drug-likeness (QED) is 0.669. The van der Waals surface area contributed by atoms with Crippen LogP contribution < -0.4 is 5.32 Å². The number of hydrogen-bond acceptors (Lipinski definition) is 4. The molecule has 2 N–H and O–H groups in total. The molecule has 0 radical (unpaired) electrons. The van der Waals surface area contributed by atoms with Crippen LogP contribution in [0.2, 0.25) is 0 Å². The molecule has 19 heavy (non-hydrogen) atoms. The van der Waals surface area contributed by atoms with Gasteiger partial charge in [0.05, 0.1) is 12.6 Å². The van der Waals surface area contributed by atoms with Crippen LogP contribution in [0, 0.1) is 0 Å². The number of carbonyl (C=O) groups is 2. The van der Waals surface area contributed by atoms with Gasteiger partial charge in [0.15, 0.2) is 0 Å². The van der Waals surface area contributed by atoms with Crippen molar-refractivity contribution in [2.24, 2.45) is 0 Å². The minimum Gasteiger partial charge on any atom is -0.480 e. The number of carbonyl (C=O) groups excluding carboxylic acids is 1. The lowest BCUT2D eigenvalue weighted by molar-refractivity contribution is -0.139. The maximum atomic E-state index is 12.1. The van der Waals surface area contributed by atoms with Crippen LogP contribution in [0.25, 0.3) is 0 Å². The predicted molar refractivity (Wildman–Crippen MR) is 76.7 cm³/mol. The number of urea groups is 1. The molecular formula is C12H24N2O4S. The Kier molecular flexibility index (Phi) is 9.42. The zero-order chi connectivity index (χ0) is 14.8. The van der Waals surface area contributed by atoms with Gasteiger partial charge in [-0.25, -0.2) is 9.59 Å². The summed E-state index contributed by atoms with van der Waals surface area (Å²) in [5, 5.41) is 11.6. The van der Waals surface area contributed by atoms with E-state index in [0.717, 1.165) is 0 Å². The van der Waals surface area contributed by atoms with Gasteiger partial charge in [0.1, 0.15) is 6.04 Å². The standard InChI is InChI=1S/C12H24N2O4S/c1-5-14(9(2)8-18-3)12(17)13-10(11(15)16)6-7-19-4/h9-10H,5-8H2,1-4H3,(H,13,17)(H,15,16)/t9?,10-/m0/s1.